The molecule has 1 N–H and O–H groups in total. The SMILES string of the molecule is COCCOCCc1nn(C)c(-c2c(Cl)ccc3c(CCCO[Si](C)(C)C(C)(C)C)c(C(=O)OC)n(C)c23)c1CO. The Balaban J connectivity index is 2.07. The molecule has 0 atom stereocenters. The maximum Gasteiger partial charge on any atom is 0.354 e. The zero-order valence-electron chi connectivity index (χ0n) is 26.0. The van der Waals surface area contributed by atoms with Crippen LogP contribution in [0.1, 0.15) is 54.5 Å². The van der Waals surface area contributed by atoms with Gasteiger partial charge in [0.25, 0.3) is 0 Å². The third-order valence-electron chi connectivity index (χ3n) is 8.17. The van der Waals surface area contributed by atoms with Crippen molar-refractivity contribution in [1.29, 1.82) is 0 Å². The number of aliphatic hydroxyl groups excluding tert-OH is 1. The van der Waals surface area contributed by atoms with Crippen molar-refractivity contribution in [2.75, 3.05) is 40.6 Å². The third-order valence-corrected chi connectivity index (χ3v) is 13.0. The van der Waals surface area contributed by atoms with Crippen LogP contribution in [0.3, 0.4) is 0 Å². The number of ether oxygens (including phenoxy) is 3. The molecule has 0 aliphatic rings. The number of aromatic nitrogens is 3. The largest absolute Gasteiger partial charge is 0.464 e. The van der Waals surface area contributed by atoms with Gasteiger partial charge in [-0.05, 0) is 42.6 Å². The van der Waals surface area contributed by atoms with Crippen LogP contribution < -0.4 is 0 Å². The predicted molar refractivity (Wildman–Crippen MR) is 165 cm³/mol. The van der Waals surface area contributed by atoms with Crippen LogP contribution in [-0.2, 0) is 52.2 Å². The van der Waals surface area contributed by atoms with E-state index in [4.69, 9.17) is 35.3 Å². The van der Waals surface area contributed by atoms with Gasteiger partial charge in [0.05, 0.1) is 55.5 Å². The molecule has 0 saturated heterocycles. The second-order valence-electron chi connectivity index (χ2n) is 11.8. The number of rotatable bonds is 14. The zero-order chi connectivity index (χ0) is 30.5. The van der Waals surface area contributed by atoms with Gasteiger partial charge in [0.1, 0.15) is 5.69 Å². The minimum Gasteiger partial charge on any atom is -0.464 e. The van der Waals surface area contributed by atoms with Crippen molar-refractivity contribution in [3.63, 3.8) is 0 Å². The van der Waals surface area contributed by atoms with E-state index in [1.54, 1.807) is 11.8 Å². The maximum absolute atomic E-state index is 13.1. The summed E-state index contributed by atoms with van der Waals surface area (Å²) in [4.78, 5) is 13.1. The van der Waals surface area contributed by atoms with E-state index in [1.807, 2.05) is 30.8 Å². The summed E-state index contributed by atoms with van der Waals surface area (Å²) in [5, 5.41) is 16.7. The molecule has 0 radical (unpaired) electrons. The fourth-order valence-corrected chi connectivity index (χ4v) is 6.27. The number of hydrogen-bond donors (Lipinski definition) is 1. The standard InChI is InChI=1S/C30H46ClN3O6Si/c1-30(2,3)41(8,9)40-15-10-11-20-21-12-13-23(31)25(26(21)33(4)28(20)29(36)38-7)27-22(19-35)24(32-34(27)5)14-16-39-18-17-37-6/h12-13,35H,10-11,14-19H2,1-9H3. The number of aryl methyl sites for hydroxylation is 3. The highest BCUT2D eigenvalue weighted by molar-refractivity contribution is 6.74. The van der Waals surface area contributed by atoms with E-state index in [-0.39, 0.29) is 11.6 Å². The highest BCUT2D eigenvalue weighted by atomic mass is 35.5. The quantitative estimate of drug-likeness (QED) is 0.143. The number of nitrogens with zero attached hydrogens (tertiary/aromatic N) is 3. The first-order chi connectivity index (χ1) is 19.3. The Hall–Kier alpha value is -2.21. The van der Waals surface area contributed by atoms with Gasteiger partial charge in [0.2, 0.25) is 0 Å². The van der Waals surface area contributed by atoms with Gasteiger partial charge in [-0.25, -0.2) is 4.79 Å². The van der Waals surface area contributed by atoms with E-state index in [1.165, 1.54) is 7.11 Å². The summed E-state index contributed by atoms with van der Waals surface area (Å²) >= 11 is 6.87. The van der Waals surface area contributed by atoms with Crippen molar-refractivity contribution in [3.8, 4) is 11.3 Å². The first-order valence-corrected chi connectivity index (χ1v) is 17.3. The number of halogens is 1. The minimum atomic E-state index is -1.89. The molecule has 3 rings (SSSR count). The molecule has 11 heteroatoms. The van der Waals surface area contributed by atoms with Crippen LogP contribution in [0, 0.1) is 0 Å². The number of esters is 1. The molecule has 0 unspecified atom stereocenters. The van der Waals surface area contributed by atoms with Crippen LogP contribution in [0.2, 0.25) is 23.2 Å². The third kappa shape index (κ3) is 7.06. The highest BCUT2D eigenvalue weighted by Crippen LogP contribution is 2.41. The van der Waals surface area contributed by atoms with E-state index >= 15 is 0 Å². The van der Waals surface area contributed by atoms with Gasteiger partial charge in [0, 0.05) is 50.7 Å². The molecule has 0 aliphatic carbocycles. The number of fused-ring (bicyclic) bond motifs is 1. The van der Waals surface area contributed by atoms with Crippen LogP contribution in [0.25, 0.3) is 22.2 Å². The van der Waals surface area contributed by atoms with Crippen LogP contribution in [0.4, 0.5) is 0 Å². The van der Waals surface area contributed by atoms with Crippen molar-refractivity contribution in [1.82, 2.24) is 14.3 Å². The lowest BCUT2D eigenvalue weighted by atomic mass is 9.99. The van der Waals surface area contributed by atoms with Crippen molar-refractivity contribution in [2.45, 2.75) is 64.8 Å². The van der Waals surface area contributed by atoms with Gasteiger partial charge < -0.3 is 28.3 Å². The first kappa shape index (κ1) is 33.3. The molecule has 2 aromatic heterocycles. The van der Waals surface area contributed by atoms with E-state index < -0.39 is 14.3 Å². The lowest BCUT2D eigenvalue weighted by molar-refractivity contribution is 0.0589. The van der Waals surface area contributed by atoms with Gasteiger partial charge in [-0.3, -0.25) is 4.68 Å². The molecule has 9 nitrogen and oxygen atoms in total. The Morgan fingerprint density at radius 1 is 1.05 bits per heavy atom. The molecular formula is C30H46ClN3O6Si. The predicted octanol–water partition coefficient (Wildman–Crippen LogP) is 5.67. The molecule has 0 amide bonds. The lowest BCUT2D eigenvalue weighted by Gasteiger charge is -2.36. The van der Waals surface area contributed by atoms with Crippen molar-refractivity contribution in [2.24, 2.45) is 14.1 Å². The Labute approximate surface area is 249 Å². The fourth-order valence-electron chi connectivity index (χ4n) is 4.94. The van der Waals surface area contributed by atoms with Gasteiger partial charge in [-0.2, -0.15) is 5.10 Å². The average molecular weight is 608 g/mol. The van der Waals surface area contributed by atoms with Crippen molar-refractivity contribution < 1.29 is 28.5 Å². The summed E-state index contributed by atoms with van der Waals surface area (Å²) in [5.41, 5.74) is 5.01. The van der Waals surface area contributed by atoms with Crippen molar-refractivity contribution >= 4 is 36.8 Å². The molecule has 0 bridgehead atoms. The second-order valence-corrected chi connectivity index (χ2v) is 17.0. The number of benzene rings is 1. The van der Waals surface area contributed by atoms with E-state index in [0.29, 0.717) is 66.8 Å². The molecular weight excluding hydrogens is 562 g/mol. The summed E-state index contributed by atoms with van der Waals surface area (Å²) in [6, 6.07) is 3.80. The fraction of sp³-hybridized carbons (Fsp3) is 0.600. The second kappa shape index (κ2) is 13.8. The molecule has 228 valence electrons. The summed E-state index contributed by atoms with van der Waals surface area (Å²) in [5.74, 6) is -0.410. The Morgan fingerprint density at radius 3 is 2.37 bits per heavy atom. The van der Waals surface area contributed by atoms with Crippen LogP contribution >= 0.6 is 11.6 Å². The van der Waals surface area contributed by atoms with Crippen LogP contribution in [0.15, 0.2) is 12.1 Å². The molecule has 1 aromatic carbocycles. The minimum absolute atomic E-state index is 0.123. The van der Waals surface area contributed by atoms with Crippen LogP contribution in [-0.4, -0.2) is 74.4 Å². The van der Waals surface area contributed by atoms with Gasteiger partial charge in [0.15, 0.2) is 8.32 Å². The Kier molecular flexibility index (Phi) is 11.2. The molecule has 0 saturated carbocycles. The summed E-state index contributed by atoms with van der Waals surface area (Å²) in [7, 11) is 4.82. The molecule has 0 aliphatic heterocycles. The number of carbonyl (C=O) groups is 1. The number of hydrogen-bond acceptors (Lipinski definition) is 7. The monoisotopic (exact) mass is 607 g/mol. The smallest absolute Gasteiger partial charge is 0.354 e. The Bertz CT molecular complexity index is 1360. The maximum atomic E-state index is 13.1. The summed E-state index contributed by atoms with van der Waals surface area (Å²) < 4.78 is 25.9. The van der Waals surface area contributed by atoms with Crippen molar-refractivity contribution in [3.05, 3.63) is 39.7 Å². The first-order valence-electron chi connectivity index (χ1n) is 14.0. The molecule has 0 spiro atoms. The zero-order valence-corrected chi connectivity index (χ0v) is 27.8. The average Bonchev–Trinajstić information content (AvgIpc) is 3.37. The summed E-state index contributed by atoms with van der Waals surface area (Å²) in [6.45, 7) is 13.0. The molecule has 41 heavy (non-hydrogen) atoms. The number of methoxy groups -OCH3 is 2. The lowest BCUT2D eigenvalue weighted by Crippen LogP contribution is -2.41. The van der Waals surface area contributed by atoms with E-state index in [0.717, 1.165) is 28.6 Å². The topological polar surface area (TPSA) is 97.0 Å². The Morgan fingerprint density at radius 2 is 1.76 bits per heavy atom. The number of aliphatic hydroxyl groups is 1. The van der Waals surface area contributed by atoms with Gasteiger partial charge >= 0.3 is 5.97 Å². The van der Waals surface area contributed by atoms with E-state index in [9.17, 15) is 9.90 Å². The van der Waals surface area contributed by atoms with Gasteiger partial charge in [-0.1, -0.05) is 38.4 Å². The molecule has 0 fully saturated rings. The van der Waals surface area contributed by atoms with E-state index in [2.05, 4.69) is 33.9 Å². The van der Waals surface area contributed by atoms with Gasteiger partial charge in [-0.15, -0.1) is 0 Å². The highest BCUT2D eigenvalue weighted by Gasteiger charge is 2.37. The summed E-state index contributed by atoms with van der Waals surface area (Å²) in [6.07, 6.45) is 1.93. The molecule has 2 heterocycles. The molecule has 3 aromatic rings. The normalized spacial score (nSPS) is 12.5. The number of carbonyl (C=O) groups excluding carboxylic acids is 1. The van der Waals surface area contributed by atoms with Crippen LogP contribution in [0.5, 0.6) is 0 Å².